The van der Waals surface area contributed by atoms with E-state index in [1.807, 2.05) is 37.4 Å². The van der Waals surface area contributed by atoms with E-state index in [1.165, 1.54) is 29.5 Å². The summed E-state index contributed by atoms with van der Waals surface area (Å²) in [6.45, 7) is 1.95. The number of aryl methyl sites for hydroxylation is 1. The van der Waals surface area contributed by atoms with E-state index in [0.29, 0.717) is 5.88 Å². The number of benzene rings is 3. The molecule has 1 saturated carbocycles. The number of aromatic nitrogens is 2. The van der Waals surface area contributed by atoms with Crippen molar-refractivity contribution in [2.75, 3.05) is 12.4 Å². The summed E-state index contributed by atoms with van der Waals surface area (Å²) in [5.74, 6) is 2.09. The SMILES string of the molecule is COc1ccc(-c2cccc(Nc3c(C)noc3-c3ccc(-c4ccc(C5CC5)cc4)cc3)c2)cn1. The van der Waals surface area contributed by atoms with E-state index in [9.17, 15) is 0 Å². The lowest BCUT2D eigenvalue weighted by molar-refractivity contribution is 0.398. The third-order valence-corrected chi connectivity index (χ3v) is 6.71. The molecule has 0 amide bonds. The smallest absolute Gasteiger partial charge is 0.212 e. The van der Waals surface area contributed by atoms with E-state index in [-0.39, 0.29) is 0 Å². The van der Waals surface area contributed by atoms with Crippen LogP contribution in [-0.2, 0) is 0 Å². The fourth-order valence-electron chi connectivity index (χ4n) is 4.49. The highest BCUT2D eigenvalue weighted by atomic mass is 16.5. The molecule has 36 heavy (non-hydrogen) atoms. The highest BCUT2D eigenvalue weighted by Gasteiger charge is 2.23. The molecule has 6 rings (SSSR count). The summed E-state index contributed by atoms with van der Waals surface area (Å²) in [5, 5.41) is 7.76. The van der Waals surface area contributed by atoms with Gasteiger partial charge in [-0.15, -0.1) is 0 Å². The first kappa shape index (κ1) is 22.1. The second-order valence-electron chi connectivity index (χ2n) is 9.24. The van der Waals surface area contributed by atoms with E-state index >= 15 is 0 Å². The molecule has 5 aromatic rings. The molecule has 0 atom stereocenters. The minimum atomic E-state index is 0.596. The van der Waals surface area contributed by atoms with Crippen molar-refractivity contribution in [1.82, 2.24) is 10.1 Å². The van der Waals surface area contributed by atoms with E-state index in [4.69, 9.17) is 9.26 Å². The lowest BCUT2D eigenvalue weighted by atomic mass is 10.0. The summed E-state index contributed by atoms with van der Waals surface area (Å²) in [4.78, 5) is 4.32. The zero-order valence-electron chi connectivity index (χ0n) is 20.4. The maximum Gasteiger partial charge on any atom is 0.212 e. The van der Waals surface area contributed by atoms with Crippen molar-refractivity contribution in [2.45, 2.75) is 25.7 Å². The molecule has 1 fully saturated rings. The summed E-state index contributed by atoms with van der Waals surface area (Å²) in [5.41, 5.74) is 9.54. The Morgan fingerprint density at radius 3 is 2.17 bits per heavy atom. The average molecular weight is 474 g/mol. The van der Waals surface area contributed by atoms with E-state index in [0.717, 1.165) is 45.4 Å². The van der Waals surface area contributed by atoms with Crippen LogP contribution in [0.3, 0.4) is 0 Å². The van der Waals surface area contributed by atoms with Crippen LogP contribution in [0.2, 0.25) is 0 Å². The third kappa shape index (κ3) is 4.48. The number of methoxy groups -OCH3 is 1. The minimum absolute atomic E-state index is 0.596. The maximum atomic E-state index is 5.75. The Morgan fingerprint density at radius 2 is 1.50 bits per heavy atom. The van der Waals surface area contributed by atoms with Crippen LogP contribution in [0.1, 0.15) is 30.0 Å². The van der Waals surface area contributed by atoms with Crippen molar-refractivity contribution in [3.05, 3.63) is 102 Å². The Bertz CT molecular complexity index is 1480. The van der Waals surface area contributed by atoms with Crippen LogP contribution in [0.15, 0.2) is 95.6 Å². The van der Waals surface area contributed by atoms with Crippen molar-refractivity contribution in [2.24, 2.45) is 0 Å². The number of hydrogen-bond acceptors (Lipinski definition) is 5. The summed E-state index contributed by atoms with van der Waals surface area (Å²) in [6.07, 6.45) is 4.46. The van der Waals surface area contributed by atoms with E-state index in [1.54, 1.807) is 7.11 Å². The van der Waals surface area contributed by atoms with Crippen LogP contribution in [0.5, 0.6) is 5.88 Å². The Labute approximate surface area is 210 Å². The van der Waals surface area contributed by atoms with Crippen LogP contribution >= 0.6 is 0 Å². The summed E-state index contributed by atoms with van der Waals surface area (Å²) in [6, 6.07) is 29.5. The number of nitrogens with zero attached hydrogens (tertiary/aromatic N) is 2. The normalized spacial score (nSPS) is 12.9. The molecule has 1 N–H and O–H groups in total. The Morgan fingerprint density at radius 1 is 0.806 bits per heavy atom. The number of ether oxygens (including phenoxy) is 1. The van der Waals surface area contributed by atoms with Gasteiger partial charge in [-0.1, -0.05) is 65.8 Å². The average Bonchev–Trinajstić information content (AvgIpc) is 3.73. The molecule has 178 valence electrons. The lowest BCUT2D eigenvalue weighted by Gasteiger charge is -2.10. The molecule has 3 aromatic carbocycles. The van der Waals surface area contributed by atoms with Gasteiger partial charge in [-0.25, -0.2) is 4.98 Å². The molecule has 0 unspecified atom stereocenters. The molecule has 5 nitrogen and oxygen atoms in total. The van der Waals surface area contributed by atoms with Gasteiger partial charge in [0.2, 0.25) is 5.88 Å². The molecule has 0 bridgehead atoms. The van der Waals surface area contributed by atoms with Crippen LogP contribution in [0, 0.1) is 6.92 Å². The van der Waals surface area contributed by atoms with Gasteiger partial charge >= 0.3 is 0 Å². The predicted octanol–water partition coefficient (Wildman–Crippen LogP) is 8.01. The molecule has 2 aromatic heterocycles. The van der Waals surface area contributed by atoms with Crippen molar-refractivity contribution in [3.8, 4) is 39.5 Å². The van der Waals surface area contributed by atoms with Gasteiger partial charge < -0.3 is 14.6 Å². The fourth-order valence-corrected chi connectivity index (χ4v) is 4.49. The quantitative estimate of drug-likeness (QED) is 0.259. The standard InChI is InChI=1S/C31H27N3O2/c1-20-30(33-28-5-3-4-26(18-28)27-16-17-29(35-2)32-19-27)31(36-34-20)25-14-12-24(13-15-25)23-10-8-22(9-11-23)21-6-7-21/h3-5,8-19,21,33H,6-7H2,1-2H3. The molecule has 1 aliphatic rings. The summed E-state index contributed by atoms with van der Waals surface area (Å²) in [7, 11) is 1.62. The molecule has 5 heteroatoms. The molecule has 0 aliphatic heterocycles. The monoisotopic (exact) mass is 473 g/mol. The first-order valence-corrected chi connectivity index (χ1v) is 12.2. The van der Waals surface area contributed by atoms with Gasteiger partial charge in [-0.05, 0) is 66.1 Å². The highest BCUT2D eigenvalue weighted by Crippen LogP contribution is 2.41. The van der Waals surface area contributed by atoms with Crippen LogP contribution in [0.25, 0.3) is 33.6 Å². The Kier molecular flexibility index (Phi) is 5.74. The highest BCUT2D eigenvalue weighted by molar-refractivity contribution is 5.81. The Balaban J connectivity index is 1.24. The molecule has 0 spiro atoms. The predicted molar refractivity (Wildman–Crippen MR) is 144 cm³/mol. The molecule has 2 heterocycles. The number of hydrogen-bond donors (Lipinski definition) is 1. The third-order valence-electron chi connectivity index (χ3n) is 6.71. The first-order valence-electron chi connectivity index (χ1n) is 12.2. The molecule has 0 radical (unpaired) electrons. The molecular weight excluding hydrogens is 446 g/mol. The largest absolute Gasteiger partial charge is 0.481 e. The maximum absolute atomic E-state index is 5.75. The fraction of sp³-hybridized carbons (Fsp3) is 0.161. The van der Waals surface area contributed by atoms with Crippen molar-refractivity contribution in [3.63, 3.8) is 0 Å². The zero-order valence-corrected chi connectivity index (χ0v) is 20.4. The second-order valence-corrected chi connectivity index (χ2v) is 9.24. The second kappa shape index (κ2) is 9.34. The topological polar surface area (TPSA) is 60.2 Å². The van der Waals surface area contributed by atoms with E-state index < -0.39 is 0 Å². The van der Waals surface area contributed by atoms with Gasteiger partial charge in [0, 0.05) is 29.1 Å². The molecule has 1 aliphatic carbocycles. The summed E-state index contributed by atoms with van der Waals surface area (Å²) >= 11 is 0. The van der Waals surface area contributed by atoms with Crippen molar-refractivity contribution in [1.29, 1.82) is 0 Å². The van der Waals surface area contributed by atoms with Gasteiger partial charge in [0.15, 0.2) is 5.76 Å². The van der Waals surface area contributed by atoms with E-state index in [2.05, 4.69) is 76.1 Å². The van der Waals surface area contributed by atoms with Gasteiger partial charge in [-0.3, -0.25) is 0 Å². The van der Waals surface area contributed by atoms with Crippen LogP contribution in [-0.4, -0.2) is 17.3 Å². The first-order chi connectivity index (χ1) is 17.7. The Hall–Kier alpha value is -4.38. The zero-order chi connectivity index (χ0) is 24.5. The minimum Gasteiger partial charge on any atom is -0.481 e. The number of anilines is 2. The molecular formula is C31H27N3O2. The lowest BCUT2D eigenvalue weighted by Crippen LogP contribution is -1.94. The van der Waals surface area contributed by atoms with Gasteiger partial charge in [0.1, 0.15) is 11.4 Å². The molecule has 0 saturated heterocycles. The number of rotatable bonds is 7. The van der Waals surface area contributed by atoms with Crippen molar-refractivity contribution < 1.29 is 9.26 Å². The van der Waals surface area contributed by atoms with Gasteiger partial charge in [0.25, 0.3) is 0 Å². The summed E-state index contributed by atoms with van der Waals surface area (Å²) < 4.78 is 10.9. The number of pyridine rings is 1. The van der Waals surface area contributed by atoms with Crippen molar-refractivity contribution >= 4 is 11.4 Å². The number of nitrogens with one attached hydrogen (secondary N) is 1. The van der Waals surface area contributed by atoms with Gasteiger partial charge in [-0.2, -0.15) is 0 Å². The van der Waals surface area contributed by atoms with Gasteiger partial charge in [0.05, 0.1) is 7.11 Å². The van der Waals surface area contributed by atoms with Crippen LogP contribution < -0.4 is 10.1 Å². The van der Waals surface area contributed by atoms with Crippen LogP contribution in [0.4, 0.5) is 11.4 Å².